The maximum absolute atomic E-state index is 10.2. The number of rotatable bonds is 10. The maximum Gasteiger partial charge on any atom is 0.303 e. The van der Waals surface area contributed by atoms with E-state index >= 15 is 0 Å². The summed E-state index contributed by atoms with van der Waals surface area (Å²) >= 11 is 0. The molecule has 0 aromatic rings. The van der Waals surface area contributed by atoms with E-state index in [1.54, 1.807) is 0 Å². The zero-order valence-corrected chi connectivity index (χ0v) is 9.61. The number of carboxylic acid groups (broad SMARTS) is 1. The van der Waals surface area contributed by atoms with Gasteiger partial charge in [0.25, 0.3) is 0 Å². The monoisotopic (exact) mass is 217 g/mol. The number of hydrogen-bond acceptors (Lipinski definition) is 3. The minimum absolute atomic E-state index is 0.217. The van der Waals surface area contributed by atoms with Crippen molar-refractivity contribution in [3.8, 4) is 0 Å². The highest BCUT2D eigenvalue weighted by Crippen LogP contribution is 2.05. The van der Waals surface area contributed by atoms with E-state index in [4.69, 9.17) is 10.2 Å². The van der Waals surface area contributed by atoms with Crippen LogP contribution in [0.1, 0.15) is 38.5 Å². The highest BCUT2D eigenvalue weighted by atomic mass is 16.4. The van der Waals surface area contributed by atoms with Crippen molar-refractivity contribution >= 4 is 5.97 Å². The van der Waals surface area contributed by atoms with Crippen LogP contribution in [0.5, 0.6) is 0 Å². The molecule has 0 unspecified atom stereocenters. The number of aliphatic hydroxyl groups is 1. The first-order valence-corrected chi connectivity index (χ1v) is 5.68. The van der Waals surface area contributed by atoms with Crippen LogP contribution in [0.2, 0.25) is 0 Å². The molecule has 0 aromatic heterocycles. The second-order valence-electron chi connectivity index (χ2n) is 3.94. The van der Waals surface area contributed by atoms with Crippen molar-refractivity contribution in [3.05, 3.63) is 0 Å². The lowest BCUT2D eigenvalue weighted by molar-refractivity contribution is -0.137. The Kier molecular flexibility index (Phi) is 9.52. The van der Waals surface area contributed by atoms with E-state index < -0.39 is 5.97 Å². The number of aliphatic carboxylic acids is 1. The van der Waals surface area contributed by atoms with Gasteiger partial charge in [0, 0.05) is 13.0 Å². The molecule has 0 fully saturated rings. The van der Waals surface area contributed by atoms with Crippen molar-refractivity contribution in [1.82, 2.24) is 4.90 Å². The summed E-state index contributed by atoms with van der Waals surface area (Å²) in [6.07, 6.45) is 5.49. The van der Waals surface area contributed by atoms with Crippen LogP contribution in [0.4, 0.5) is 0 Å². The number of unbranched alkanes of at least 4 members (excludes halogenated alkanes) is 4. The Labute approximate surface area is 91.9 Å². The number of nitrogens with zero attached hydrogens (tertiary/aromatic N) is 1. The van der Waals surface area contributed by atoms with Crippen LogP contribution in [0, 0.1) is 0 Å². The largest absolute Gasteiger partial charge is 0.481 e. The maximum atomic E-state index is 10.2. The normalized spacial score (nSPS) is 10.9. The summed E-state index contributed by atoms with van der Waals surface area (Å²) in [5.74, 6) is -0.697. The lowest BCUT2D eigenvalue weighted by Gasteiger charge is -2.14. The molecule has 0 saturated carbocycles. The van der Waals surface area contributed by atoms with Gasteiger partial charge in [0.15, 0.2) is 0 Å². The number of carboxylic acids is 1. The highest BCUT2D eigenvalue weighted by Gasteiger charge is 1.98. The molecule has 15 heavy (non-hydrogen) atoms. The van der Waals surface area contributed by atoms with Crippen molar-refractivity contribution in [2.75, 3.05) is 26.7 Å². The molecule has 0 saturated heterocycles. The van der Waals surface area contributed by atoms with Crippen LogP contribution < -0.4 is 0 Å². The van der Waals surface area contributed by atoms with Crippen LogP contribution in [-0.4, -0.2) is 47.8 Å². The minimum atomic E-state index is -0.697. The van der Waals surface area contributed by atoms with E-state index in [1.165, 1.54) is 0 Å². The molecular weight excluding hydrogens is 194 g/mol. The predicted molar refractivity (Wildman–Crippen MR) is 59.9 cm³/mol. The summed E-state index contributed by atoms with van der Waals surface area (Å²) in [7, 11) is 2.00. The average Bonchev–Trinajstić information content (AvgIpc) is 2.16. The smallest absolute Gasteiger partial charge is 0.303 e. The lowest BCUT2D eigenvalue weighted by atomic mass is 10.1. The van der Waals surface area contributed by atoms with Gasteiger partial charge in [-0.2, -0.15) is 0 Å². The van der Waals surface area contributed by atoms with Crippen molar-refractivity contribution in [1.29, 1.82) is 0 Å². The van der Waals surface area contributed by atoms with Gasteiger partial charge in [-0.15, -0.1) is 0 Å². The Bertz CT molecular complexity index is 162. The topological polar surface area (TPSA) is 60.8 Å². The summed E-state index contributed by atoms with van der Waals surface area (Å²) in [5, 5.41) is 17.1. The summed E-state index contributed by atoms with van der Waals surface area (Å²) in [5.41, 5.74) is 0. The van der Waals surface area contributed by atoms with E-state index in [1.807, 2.05) is 7.05 Å². The Morgan fingerprint density at radius 2 is 1.67 bits per heavy atom. The average molecular weight is 217 g/mol. The molecule has 0 bridgehead atoms. The van der Waals surface area contributed by atoms with Gasteiger partial charge >= 0.3 is 5.97 Å². The van der Waals surface area contributed by atoms with Crippen LogP contribution in [0.15, 0.2) is 0 Å². The molecule has 4 nitrogen and oxygen atoms in total. The second kappa shape index (κ2) is 9.93. The first kappa shape index (κ1) is 14.4. The summed E-state index contributed by atoms with van der Waals surface area (Å²) in [4.78, 5) is 12.3. The SMILES string of the molecule is CN(CCO)CCCCCCCC(=O)O. The van der Waals surface area contributed by atoms with Gasteiger partial charge < -0.3 is 15.1 Å². The fraction of sp³-hybridized carbons (Fsp3) is 0.909. The standard InChI is InChI=1S/C11H23NO3/c1-12(9-10-13)8-6-4-2-3-5-7-11(14)15/h13H,2-10H2,1H3,(H,14,15). The third kappa shape index (κ3) is 11.3. The van der Waals surface area contributed by atoms with Gasteiger partial charge in [-0.1, -0.05) is 19.3 Å². The molecular formula is C11H23NO3. The fourth-order valence-electron chi connectivity index (χ4n) is 1.47. The lowest BCUT2D eigenvalue weighted by Crippen LogP contribution is -2.23. The van der Waals surface area contributed by atoms with Crippen molar-refractivity contribution < 1.29 is 15.0 Å². The highest BCUT2D eigenvalue weighted by molar-refractivity contribution is 5.66. The van der Waals surface area contributed by atoms with Gasteiger partial charge in [-0.05, 0) is 26.4 Å². The molecule has 2 N–H and O–H groups in total. The van der Waals surface area contributed by atoms with Crippen LogP contribution >= 0.6 is 0 Å². The zero-order valence-electron chi connectivity index (χ0n) is 9.61. The molecule has 0 spiro atoms. The van der Waals surface area contributed by atoms with E-state index in [0.29, 0.717) is 6.42 Å². The zero-order chi connectivity index (χ0) is 11.5. The van der Waals surface area contributed by atoms with Crippen LogP contribution in [0.3, 0.4) is 0 Å². The van der Waals surface area contributed by atoms with Crippen LogP contribution in [-0.2, 0) is 4.79 Å². The van der Waals surface area contributed by atoms with Gasteiger partial charge in [0.1, 0.15) is 0 Å². The Morgan fingerprint density at radius 3 is 2.27 bits per heavy atom. The minimum Gasteiger partial charge on any atom is -0.481 e. The fourth-order valence-corrected chi connectivity index (χ4v) is 1.47. The number of likely N-dealkylation sites (N-methyl/N-ethyl adjacent to an activating group) is 1. The molecule has 0 amide bonds. The number of carbonyl (C=O) groups is 1. The van der Waals surface area contributed by atoms with E-state index in [2.05, 4.69) is 4.90 Å². The first-order valence-electron chi connectivity index (χ1n) is 5.68. The molecule has 0 aromatic carbocycles. The van der Waals surface area contributed by atoms with Crippen LogP contribution in [0.25, 0.3) is 0 Å². The van der Waals surface area contributed by atoms with Crippen molar-refractivity contribution in [2.45, 2.75) is 38.5 Å². The molecule has 0 aliphatic carbocycles. The number of aliphatic hydroxyl groups excluding tert-OH is 1. The third-order valence-electron chi connectivity index (χ3n) is 2.41. The summed E-state index contributed by atoms with van der Waals surface area (Å²) < 4.78 is 0. The molecule has 0 radical (unpaired) electrons. The van der Waals surface area contributed by atoms with Crippen molar-refractivity contribution in [3.63, 3.8) is 0 Å². The molecule has 90 valence electrons. The summed E-state index contributed by atoms with van der Waals surface area (Å²) in [6, 6.07) is 0. The Hall–Kier alpha value is -0.610. The summed E-state index contributed by atoms with van der Waals surface area (Å²) in [6.45, 7) is 1.97. The second-order valence-corrected chi connectivity index (χ2v) is 3.94. The quantitative estimate of drug-likeness (QED) is 0.542. The van der Waals surface area contributed by atoms with E-state index in [-0.39, 0.29) is 6.61 Å². The molecule has 0 atom stereocenters. The van der Waals surface area contributed by atoms with Gasteiger partial charge in [-0.3, -0.25) is 4.79 Å². The van der Waals surface area contributed by atoms with Crippen molar-refractivity contribution in [2.24, 2.45) is 0 Å². The van der Waals surface area contributed by atoms with E-state index in [0.717, 1.165) is 45.2 Å². The van der Waals surface area contributed by atoms with Gasteiger partial charge in [-0.25, -0.2) is 0 Å². The number of hydrogen-bond donors (Lipinski definition) is 2. The Morgan fingerprint density at radius 1 is 1.07 bits per heavy atom. The van der Waals surface area contributed by atoms with Gasteiger partial charge in [0.2, 0.25) is 0 Å². The van der Waals surface area contributed by atoms with E-state index in [9.17, 15) is 4.79 Å². The molecule has 0 heterocycles. The molecule has 0 rings (SSSR count). The molecule has 0 aliphatic heterocycles. The third-order valence-corrected chi connectivity index (χ3v) is 2.41. The van der Waals surface area contributed by atoms with Gasteiger partial charge in [0.05, 0.1) is 6.61 Å². The predicted octanol–water partition coefficient (Wildman–Crippen LogP) is 1.34. The first-order chi connectivity index (χ1) is 7.16. The molecule has 4 heteroatoms. The molecule has 0 aliphatic rings. The Balaban J connectivity index is 3.07.